The van der Waals surface area contributed by atoms with Gasteiger partial charge < -0.3 is 5.11 Å². The lowest BCUT2D eigenvalue weighted by Gasteiger charge is -2.07. The highest BCUT2D eigenvalue weighted by Crippen LogP contribution is 2.33. The number of hydrogen-bond donors (Lipinski definition) is 1. The van der Waals surface area contributed by atoms with E-state index < -0.39 is 32.5 Å². The minimum atomic E-state index is -4.49. The molecule has 0 bridgehead atoms. The zero-order chi connectivity index (χ0) is 15.1. The lowest BCUT2D eigenvalue weighted by Crippen LogP contribution is -2.07. The smallest absolute Gasteiger partial charge is 0.416 e. The van der Waals surface area contributed by atoms with Crippen molar-refractivity contribution >= 4 is 21.4 Å². The molecule has 0 saturated carbocycles. The van der Waals surface area contributed by atoms with Crippen LogP contribution in [0.15, 0.2) is 40.7 Å². The second kappa shape index (κ2) is 4.48. The summed E-state index contributed by atoms with van der Waals surface area (Å²) in [6, 6.07) is 3.78. The van der Waals surface area contributed by atoms with Gasteiger partial charge in [-0.2, -0.15) is 13.2 Å². The third kappa shape index (κ3) is 2.60. The molecule has 0 atom stereocenters. The Morgan fingerprint density at radius 1 is 1.10 bits per heavy atom. The Morgan fingerprint density at radius 3 is 2.05 bits per heavy atom. The topological polar surface area (TPSA) is 71.4 Å². The van der Waals surface area contributed by atoms with E-state index in [1.54, 1.807) is 0 Å². The minimum absolute atomic E-state index is 0.0381. The fourth-order valence-electron chi connectivity index (χ4n) is 1.67. The number of benzene rings is 1. The van der Waals surface area contributed by atoms with Gasteiger partial charge in [-0.1, -0.05) is 12.1 Å². The van der Waals surface area contributed by atoms with Crippen molar-refractivity contribution in [2.45, 2.75) is 6.18 Å². The van der Waals surface area contributed by atoms with E-state index in [1.165, 1.54) is 0 Å². The van der Waals surface area contributed by atoms with Gasteiger partial charge in [-0.3, -0.25) is 0 Å². The number of carbonyl (C=O) groups is 1. The van der Waals surface area contributed by atoms with Crippen LogP contribution in [0.4, 0.5) is 13.2 Å². The third-order valence-corrected chi connectivity index (χ3v) is 4.10. The van der Waals surface area contributed by atoms with Crippen LogP contribution < -0.4 is 0 Å². The number of sulfone groups is 1. The number of hydrogen-bond acceptors (Lipinski definition) is 3. The van der Waals surface area contributed by atoms with Gasteiger partial charge in [0, 0.05) is 5.41 Å². The van der Waals surface area contributed by atoms with Crippen molar-refractivity contribution in [2.75, 3.05) is 0 Å². The second-order valence-electron chi connectivity index (χ2n) is 4.01. The van der Waals surface area contributed by atoms with E-state index in [-0.39, 0.29) is 11.1 Å². The lowest BCUT2D eigenvalue weighted by atomic mass is 10.0. The van der Waals surface area contributed by atoms with Gasteiger partial charge in [0.1, 0.15) is 0 Å². The molecule has 1 aromatic rings. The molecule has 0 saturated heterocycles. The normalized spacial score (nSPS) is 17.6. The van der Waals surface area contributed by atoms with Crippen LogP contribution in [-0.2, 0) is 20.8 Å². The van der Waals surface area contributed by atoms with E-state index >= 15 is 0 Å². The highest BCUT2D eigenvalue weighted by Gasteiger charge is 2.31. The van der Waals surface area contributed by atoms with Crippen LogP contribution in [0.1, 0.15) is 11.1 Å². The summed E-state index contributed by atoms with van der Waals surface area (Å²) in [7, 11) is -4.04. The lowest BCUT2D eigenvalue weighted by molar-refractivity contribution is -0.137. The van der Waals surface area contributed by atoms with Gasteiger partial charge in [0.15, 0.2) is 4.91 Å². The van der Waals surface area contributed by atoms with Gasteiger partial charge in [-0.05, 0) is 29.3 Å². The van der Waals surface area contributed by atoms with Gasteiger partial charge in [0.2, 0.25) is 9.84 Å². The quantitative estimate of drug-likeness (QED) is 0.911. The zero-order valence-corrected chi connectivity index (χ0v) is 10.5. The van der Waals surface area contributed by atoms with E-state index in [0.717, 1.165) is 35.7 Å². The first-order valence-corrected chi connectivity index (χ1v) is 6.75. The molecular formula is C12H7F3O4S. The first-order valence-electron chi connectivity index (χ1n) is 5.21. The molecule has 1 heterocycles. The molecule has 0 amide bonds. The molecule has 4 nitrogen and oxygen atoms in total. The zero-order valence-electron chi connectivity index (χ0n) is 9.68. The maximum Gasteiger partial charge on any atom is 0.416 e. The van der Waals surface area contributed by atoms with Gasteiger partial charge in [0.05, 0.1) is 5.56 Å². The fourth-order valence-corrected chi connectivity index (χ4v) is 2.87. The van der Waals surface area contributed by atoms with E-state index in [9.17, 15) is 26.4 Å². The Labute approximate surface area is 111 Å². The molecule has 0 aliphatic carbocycles. The van der Waals surface area contributed by atoms with E-state index in [2.05, 4.69) is 0 Å². The van der Waals surface area contributed by atoms with Gasteiger partial charge in [-0.15, -0.1) is 0 Å². The molecule has 0 spiro atoms. The fraction of sp³-hybridized carbons (Fsp3) is 0.0833. The van der Waals surface area contributed by atoms with Crippen molar-refractivity contribution in [3.63, 3.8) is 0 Å². The summed E-state index contributed by atoms with van der Waals surface area (Å²) in [5, 5.41) is 9.46. The minimum Gasteiger partial charge on any atom is -0.477 e. The van der Waals surface area contributed by atoms with Crippen LogP contribution in [0.25, 0.3) is 5.57 Å². The van der Waals surface area contributed by atoms with E-state index in [1.807, 2.05) is 0 Å². The molecular weight excluding hydrogens is 297 g/mol. The SMILES string of the molecule is O=C(O)C1=CC(c2ccc(C(F)(F)F)cc2)=CS1(=O)=O. The maximum atomic E-state index is 12.4. The first-order chi connectivity index (χ1) is 9.11. The molecule has 1 aromatic carbocycles. The summed E-state index contributed by atoms with van der Waals surface area (Å²) < 4.78 is 60.2. The molecule has 1 N–H and O–H groups in total. The third-order valence-electron chi connectivity index (χ3n) is 2.63. The van der Waals surface area contributed by atoms with Crippen LogP contribution in [0.5, 0.6) is 0 Å². The van der Waals surface area contributed by atoms with Crippen molar-refractivity contribution in [1.82, 2.24) is 0 Å². The standard InChI is InChI=1S/C12H7F3O4S/c13-12(14,15)9-3-1-7(2-4-9)8-5-10(11(16)17)20(18,19)6-8/h1-6H,(H,16,17). The number of alkyl halides is 3. The first kappa shape index (κ1) is 14.3. The molecule has 0 unspecified atom stereocenters. The van der Waals surface area contributed by atoms with Gasteiger partial charge in [0.25, 0.3) is 0 Å². The van der Waals surface area contributed by atoms with Crippen LogP contribution in [0.3, 0.4) is 0 Å². The van der Waals surface area contributed by atoms with Crippen molar-refractivity contribution in [2.24, 2.45) is 0 Å². The monoisotopic (exact) mass is 304 g/mol. The van der Waals surface area contributed by atoms with Gasteiger partial charge in [-0.25, -0.2) is 13.2 Å². The summed E-state index contributed by atoms with van der Waals surface area (Å²) in [6.45, 7) is 0. The highest BCUT2D eigenvalue weighted by molar-refractivity contribution is 7.99. The van der Waals surface area contributed by atoms with Crippen LogP contribution >= 0.6 is 0 Å². The summed E-state index contributed by atoms with van der Waals surface area (Å²) in [4.78, 5) is 9.95. The van der Waals surface area contributed by atoms with Crippen LogP contribution in [0.2, 0.25) is 0 Å². The Bertz CT molecular complexity index is 725. The Hall–Kier alpha value is -2.09. The molecule has 0 radical (unpaired) electrons. The molecule has 8 heteroatoms. The second-order valence-corrected chi connectivity index (χ2v) is 5.77. The maximum absolute atomic E-state index is 12.4. The molecule has 106 valence electrons. The number of carboxylic acids is 1. The Kier molecular flexibility index (Phi) is 3.21. The molecule has 1 aliphatic rings. The van der Waals surface area contributed by atoms with Crippen molar-refractivity contribution < 1.29 is 31.5 Å². The summed E-state index contributed by atoms with van der Waals surface area (Å²) >= 11 is 0. The predicted molar refractivity (Wildman–Crippen MR) is 64.1 cm³/mol. The molecule has 2 rings (SSSR count). The Balaban J connectivity index is 2.42. The largest absolute Gasteiger partial charge is 0.477 e. The average molecular weight is 304 g/mol. The van der Waals surface area contributed by atoms with Crippen molar-refractivity contribution in [1.29, 1.82) is 0 Å². The highest BCUT2D eigenvalue weighted by atomic mass is 32.2. The number of carboxylic acid groups (broad SMARTS) is 1. The van der Waals surface area contributed by atoms with E-state index in [0.29, 0.717) is 0 Å². The molecule has 0 fully saturated rings. The van der Waals surface area contributed by atoms with Crippen LogP contribution in [-0.4, -0.2) is 19.5 Å². The Morgan fingerprint density at radius 2 is 1.65 bits per heavy atom. The number of aliphatic carboxylic acids is 1. The average Bonchev–Trinajstić information content (AvgIpc) is 2.64. The summed E-state index contributed by atoms with van der Waals surface area (Å²) in [6.07, 6.45) is -3.57. The summed E-state index contributed by atoms with van der Waals surface area (Å²) in [5.74, 6) is -1.61. The summed E-state index contributed by atoms with van der Waals surface area (Å²) in [5.41, 5.74) is -0.640. The number of halogens is 3. The van der Waals surface area contributed by atoms with Crippen LogP contribution in [0, 0.1) is 0 Å². The van der Waals surface area contributed by atoms with E-state index in [4.69, 9.17) is 5.11 Å². The number of rotatable bonds is 2. The molecule has 20 heavy (non-hydrogen) atoms. The predicted octanol–water partition coefficient (Wildman–Crippen LogP) is 2.44. The molecule has 0 aromatic heterocycles. The van der Waals surface area contributed by atoms with Crippen molar-refractivity contribution in [3.8, 4) is 0 Å². The van der Waals surface area contributed by atoms with Crippen molar-refractivity contribution in [3.05, 3.63) is 51.8 Å². The van der Waals surface area contributed by atoms with Gasteiger partial charge >= 0.3 is 12.1 Å². The molecule has 1 aliphatic heterocycles. The number of allylic oxidation sites excluding steroid dienone is 2.